The van der Waals surface area contributed by atoms with Crippen LogP contribution in [0.2, 0.25) is 0 Å². The van der Waals surface area contributed by atoms with E-state index in [9.17, 15) is 5.11 Å². The molecule has 1 nitrogen and oxygen atoms in total. The van der Waals surface area contributed by atoms with Crippen molar-refractivity contribution in [1.29, 1.82) is 0 Å². The molecule has 0 unspecified atom stereocenters. The van der Waals surface area contributed by atoms with E-state index >= 15 is 0 Å². The first-order chi connectivity index (χ1) is 6.34. The number of hydrogen-bond acceptors (Lipinski definition) is 1. The van der Waals surface area contributed by atoms with Crippen LogP contribution in [0.3, 0.4) is 0 Å². The summed E-state index contributed by atoms with van der Waals surface area (Å²) < 4.78 is 0. The van der Waals surface area contributed by atoms with Gasteiger partial charge >= 0.3 is 0 Å². The number of para-hydroxylation sites is 1. The third-order valence-electron chi connectivity index (χ3n) is 1.79. The minimum Gasteiger partial charge on any atom is -0.508 e. The first-order valence-corrected chi connectivity index (χ1v) is 4.61. The molecule has 1 aromatic carbocycles. The van der Waals surface area contributed by atoms with Crippen LogP contribution in [0, 0.1) is 0 Å². The van der Waals surface area contributed by atoms with Gasteiger partial charge in [0.2, 0.25) is 0 Å². The molecule has 72 valence electrons. The second-order valence-corrected chi connectivity index (χ2v) is 2.73. The molecule has 0 aliphatic rings. The molecule has 0 aliphatic carbocycles. The molecule has 0 heterocycles. The summed E-state index contributed by atoms with van der Waals surface area (Å²) in [6.07, 6.45) is 3.31. The Kier molecular flexibility index (Phi) is 6.70. The van der Waals surface area contributed by atoms with Gasteiger partial charge in [-0.05, 0) is 24.5 Å². The fourth-order valence-corrected chi connectivity index (χ4v) is 1.09. The average molecular weight is 178 g/mol. The van der Waals surface area contributed by atoms with Gasteiger partial charge in [0.25, 0.3) is 0 Å². The number of rotatable bonds is 3. The summed E-state index contributed by atoms with van der Waals surface area (Å²) in [5.41, 5.74) is 1.06. The lowest BCUT2D eigenvalue weighted by Crippen LogP contribution is -1.83. The predicted octanol–water partition coefficient (Wildman–Crippen LogP) is 3.54. The Morgan fingerprint density at radius 1 is 1.23 bits per heavy atom. The molecule has 0 saturated heterocycles. The van der Waals surface area contributed by atoms with Gasteiger partial charge in [-0.3, -0.25) is 0 Å². The highest BCUT2D eigenvalue weighted by atomic mass is 16.3. The monoisotopic (exact) mass is 178 g/mol. The van der Waals surface area contributed by atoms with Crippen molar-refractivity contribution in [3.05, 3.63) is 43.0 Å². The predicted molar refractivity (Wildman–Crippen MR) is 58.0 cm³/mol. The number of unbranched alkanes of at least 4 members (excludes halogenated alkanes) is 1. The first kappa shape index (κ1) is 11.8. The third-order valence-corrected chi connectivity index (χ3v) is 1.79. The smallest absolute Gasteiger partial charge is 0.118 e. The number of aryl methyl sites for hydroxylation is 1. The number of hydrogen-bond donors (Lipinski definition) is 1. The molecule has 1 heteroatoms. The maximum absolute atomic E-state index is 9.34. The fourth-order valence-electron chi connectivity index (χ4n) is 1.09. The van der Waals surface area contributed by atoms with E-state index in [1.807, 2.05) is 18.2 Å². The average Bonchev–Trinajstić information content (AvgIpc) is 2.20. The lowest BCUT2D eigenvalue weighted by atomic mass is 10.1. The highest BCUT2D eigenvalue weighted by Gasteiger charge is 1.96. The van der Waals surface area contributed by atoms with Gasteiger partial charge in [0.15, 0.2) is 0 Å². The molecule has 0 amide bonds. The lowest BCUT2D eigenvalue weighted by molar-refractivity contribution is 0.467. The summed E-state index contributed by atoms with van der Waals surface area (Å²) in [6.45, 7) is 8.15. The van der Waals surface area contributed by atoms with E-state index in [-0.39, 0.29) is 0 Å². The summed E-state index contributed by atoms with van der Waals surface area (Å²) in [6, 6.07) is 7.53. The second kappa shape index (κ2) is 7.41. The van der Waals surface area contributed by atoms with Gasteiger partial charge in [0.1, 0.15) is 5.75 Å². The normalized spacial score (nSPS) is 8.69. The molecule has 0 spiro atoms. The van der Waals surface area contributed by atoms with Gasteiger partial charge < -0.3 is 5.11 Å². The number of benzene rings is 1. The largest absolute Gasteiger partial charge is 0.508 e. The first-order valence-electron chi connectivity index (χ1n) is 4.61. The number of phenolic OH excluding ortho intramolecular Hbond substituents is 1. The van der Waals surface area contributed by atoms with E-state index in [0.717, 1.165) is 18.4 Å². The maximum Gasteiger partial charge on any atom is 0.118 e. The Hall–Kier alpha value is -1.24. The van der Waals surface area contributed by atoms with Crippen molar-refractivity contribution in [3.8, 4) is 5.75 Å². The number of aromatic hydroxyl groups is 1. The molecule has 1 aromatic rings. The topological polar surface area (TPSA) is 20.2 Å². The minimum absolute atomic E-state index is 0.431. The third kappa shape index (κ3) is 4.36. The summed E-state index contributed by atoms with van der Waals surface area (Å²) in [5.74, 6) is 0.431. The van der Waals surface area contributed by atoms with Crippen molar-refractivity contribution in [2.75, 3.05) is 0 Å². The zero-order valence-electron chi connectivity index (χ0n) is 8.29. The fraction of sp³-hybridized carbons (Fsp3) is 0.333. The molecule has 0 fully saturated rings. The molecule has 13 heavy (non-hydrogen) atoms. The molecule has 0 saturated carbocycles. The molecular formula is C12H18O. The highest BCUT2D eigenvalue weighted by molar-refractivity contribution is 5.31. The Morgan fingerprint density at radius 2 is 1.85 bits per heavy atom. The highest BCUT2D eigenvalue weighted by Crippen LogP contribution is 2.17. The van der Waals surface area contributed by atoms with Crippen LogP contribution in [0.25, 0.3) is 0 Å². The van der Waals surface area contributed by atoms with Crippen LogP contribution in [0.5, 0.6) is 5.75 Å². The molecule has 0 aromatic heterocycles. The zero-order valence-corrected chi connectivity index (χ0v) is 8.29. The quantitative estimate of drug-likeness (QED) is 0.702. The van der Waals surface area contributed by atoms with Crippen molar-refractivity contribution < 1.29 is 5.11 Å². The Morgan fingerprint density at radius 3 is 2.38 bits per heavy atom. The van der Waals surface area contributed by atoms with Crippen LogP contribution in [-0.2, 0) is 6.42 Å². The van der Waals surface area contributed by atoms with Crippen molar-refractivity contribution in [3.63, 3.8) is 0 Å². The Bertz CT molecular complexity index is 230. The Labute approximate surface area is 80.7 Å². The molecule has 0 aliphatic heterocycles. The Balaban J connectivity index is 0.000000671. The van der Waals surface area contributed by atoms with E-state index in [1.165, 1.54) is 6.42 Å². The van der Waals surface area contributed by atoms with Gasteiger partial charge in [0.05, 0.1) is 0 Å². The standard InChI is InChI=1S/C10H14O.C2H4/c1-2-3-6-9-7-4-5-8-10(9)11;1-2/h4-5,7-8,11H,2-3,6H2,1H3;1-2H2. The number of phenols is 1. The molecular weight excluding hydrogens is 160 g/mol. The van der Waals surface area contributed by atoms with E-state index in [2.05, 4.69) is 20.1 Å². The van der Waals surface area contributed by atoms with Crippen molar-refractivity contribution in [2.24, 2.45) is 0 Å². The van der Waals surface area contributed by atoms with Crippen LogP contribution in [0.15, 0.2) is 37.4 Å². The van der Waals surface area contributed by atoms with Gasteiger partial charge in [-0.25, -0.2) is 0 Å². The van der Waals surface area contributed by atoms with Crippen LogP contribution in [-0.4, -0.2) is 5.11 Å². The summed E-state index contributed by atoms with van der Waals surface area (Å²) in [4.78, 5) is 0. The van der Waals surface area contributed by atoms with Gasteiger partial charge in [-0.1, -0.05) is 31.5 Å². The van der Waals surface area contributed by atoms with Crippen LogP contribution in [0.4, 0.5) is 0 Å². The summed E-state index contributed by atoms with van der Waals surface area (Å²) in [5, 5.41) is 9.34. The van der Waals surface area contributed by atoms with Crippen molar-refractivity contribution in [2.45, 2.75) is 26.2 Å². The minimum atomic E-state index is 0.431. The molecule has 0 radical (unpaired) electrons. The van der Waals surface area contributed by atoms with E-state index in [0.29, 0.717) is 5.75 Å². The van der Waals surface area contributed by atoms with E-state index in [1.54, 1.807) is 6.07 Å². The summed E-state index contributed by atoms with van der Waals surface area (Å²) in [7, 11) is 0. The second-order valence-electron chi connectivity index (χ2n) is 2.73. The van der Waals surface area contributed by atoms with Crippen molar-refractivity contribution in [1.82, 2.24) is 0 Å². The lowest BCUT2D eigenvalue weighted by Gasteiger charge is -2.01. The molecule has 1 rings (SSSR count). The molecule has 1 N–H and O–H groups in total. The SMILES string of the molecule is C=C.CCCCc1ccccc1O. The maximum atomic E-state index is 9.34. The van der Waals surface area contributed by atoms with Crippen LogP contribution < -0.4 is 0 Å². The van der Waals surface area contributed by atoms with Gasteiger partial charge in [0, 0.05) is 0 Å². The van der Waals surface area contributed by atoms with Crippen LogP contribution >= 0.6 is 0 Å². The van der Waals surface area contributed by atoms with E-state index in [4.69, 9.17) is 0 Å². The van der Waals surface area contributed by atoms with Gasteiger partial charge in [-0.15, -0.1) is 13.2 Å². The zero-order chi connectivity index (χ0) is 10.1. The van der Waals surface area contributed by atoms with Gasteiger partial charge in [-0.2, -0.15) is 0 Å². The van der Waals surface area contributed by atoms with Crippen LogP contribution in [0.1, 0.15) is 25.3 Å². The molecule has 0 atom stereocenters. The van der Waals surface area contributed by atoms with Crippen molar-refractivity contribution >= 4 is 0 Å². The molecule has 0 bridgehead atoms. The van der Waals surface area contributed by atoms with E-state index < -0.39 is 0 Å². The summed E-state index contributed by atoms with van der Waals surface area (Å²) >= 11 is 0.